The minimum Gasteiger partial charge on any atom is -0.354 e. The summed E-state index contributed by atoms with van der Waals surface area (Å²) in [4.78, 5) is 26.1. The molecule has 2 aromatic carbocycles. The number of nitrogens with one attached hydrogen (secondary N) is 2. The number of hydrogen-bond donors (Lipinski definition) is 2. The van der Waals surface area contributed by atoms with Crippen molar-refractivity contribution in [1.82, 2.24) is 15.5 Å². The van der Waals surface area contributed by atoms with Crippen LogP contribution in [0, 0.1) is 0 Å². The number of benzene rings is 2. The fourth-order valence-corrected chi connectivity index (χ4v) is 2.69. The molecule has 5 nitrogen and oxygen atoms in total. The van der Waals surface area contributed by atoms with Crippen molar-refractivity contribution in [1.29, 1.82) is 0 Å². The molecule has 0 spiro atoms. The normalized spacial score (nSPS) is 11.8. The van der Waals surface area contributed by atoms with Gasteiger partial charge in [-0.25, -0.2) is 0 Å². The average Bonchev–Trinajstić information content (AvgIpc) is 2.63. The van der Waals surface area contributed by atoms with E-state index in [1.165, 1.54) is 0 Å². The van der Waals surface area contributed by atoms with Crippen LogP contribution in [0.25, 0.3) is 0 Å². The summed E-state index contributed by atoms with van der Waals surface area (Å²) < 4.78 is 0. The molecule has 6 heteroatoms. The fourth-order valence-electron chi connectivity index (χ4n) is 2.57. The molecule has 2 rings (SSSR count). The van der Waals surface area contributed by atoms with Crippen molar-refractivity contribution >= 4 is 23.4 Å². The summed E-state index contributed by atoms with van der Waals surface area (Å²) in [5.41, 5.74) is 1.67. The minimum atomic E-state index is -0.218. The van der Waals surface area contributed by atoms with Crippen molar-refractivity contribution in [3.05, 3.63) is 70.7 Å². The standard InChI is InChI=1S/C20H24ClN3O2/c1-24(2)18(15-6-4-3-5-7-15)14-23-19(25)12-13-22-20(26)16-8-10-17(21)11-9-16/h3-11,18H,12-14H2,1-2H3,(H,22,26)(H,23,25)/t18-/m0/s1. The first kappa shape index (κ1) is 19.9. The molecule has 0 unspecified atom stereocenters. The highest BCUT2D eigenvalue weighted by molar-refractivity contribution is 6.30. The zero-order chi connectivity index (χ0) is 18.9. The van der Waals surface area contributed by atoms with Crippen LogP contribution in [-0.4, -0.2) is 43.9 Å². The van der Waals surface area contributed by atoms with Gasteiger partial charge in [0, 0.05) is 30.1 Å². The Morgan fingerprint density at radius 2 is 1.65 bits per heavy atom. The molecular formula is C20H24ClN3O2. The lowest BCUT2D eigenvalue weighted by atomic mass is 10.1. The Morgan fingerprint density at radius 3 is 2.27 bits per heavy atom. The van der Waals surface area contributed by atoms with Crippen molar-refractivity contribution in [2.24, 2.45) is 0 Å². The van der Waals surface area contributed by atoms with Crippen LogP contribution >= 0.6 is 11.6 Å². The highest BCUT2D eigenvalue weighted by atomic mass is 35.5. The van der Waals surface area contributed by atoms with E-state index in [1.54, 1.807) is 24.3 Å². The van der Waals surface area contributed by atoms with E-state index in [9.17, 15) is 9.59 Å². The molecular weight excluding hydrogens is 350 g/mol. The topological polar surface area (TPSA) is 61.4 Å². The molecule has 0 saturated heterocycles. The Labute approximate surface area is 159 Å². The monoisotopic (exact) mass is 373 g/mol. The van der Waals surface area contributed by atoms with Gasteiger partial charge in [0.25, 0.3) is 5.91 Å². The van der Waals surface area contributed by atoms with E-state index in [2.05, 4.69) is 15.5 Å². The van der Waals surface area contributed by atoms with Gasteiger partial charge in [-0.1, -0.05) is 41.9 Å². The van der Waals surface area contributed by atoms with Gasteiger partial charge >= 0.3 is 0 Å². The molecule has 0 aliphatic carbocycles. The summed E-state index contributed by atoms with van der Waals surface area (Å²) in [7, 11) is 3.96. The van der Waals surface area contributed by atoms with Crippen LogP contribution in [0.1, 0.15) is 28.4 Å². The highest BCUT2D eigenvalue weighted by Crippen LogP contribution is 2.16. The summed E-state index contributed by atoms with van der Waals surface area (Å²) in [5.74, 6) is -0.311. The molecule has 0 bridgehead atoms. The van der Waals surface area contributed by atoms with Crippen molar-refractivity contribution in [2.45, 2.75) is 12.5 Å². The molecule has 2 amide bonds. The summed E-state index contributed by atoms with van der Waals surface area (Å²) in [6.07, 6.45) is 0.230. The van der Waals surface area contributed by atoms with Gasteiger partial charge in [0.05, 0.1) is 6.04 Å². The molecule has 0 saturated carbocycles. The number of hydrogen-bond acceptors (Lipinski definition) is 3. The summed E-state index contributed by atoms with van der Waals surface area (Å²) in [5, 5.41) is 6.25. The van der Waals surface area contributed by atoms with Crippen LogP contribution in [0.4, 0.5) is 0 Å². The molecule has 0 aromatic heterocycles. The number of carbonyl (C=O) groups excluding carboxylic acids is 2. The van der Waals surface area contributed by atoms with E-state index in [-0.39, 0.29) is 30.8 Å². The first-order valence-corrected chi connectivity index (χ1v) is 8.87. The molecule has 0 heterocycles. The molecule has 138 valence electrons. The second kappa shape index (κ2) is 9.94. The third-order valence-electron chi connectivity index (χ3n) is 4.04. The van der Waals surface area contributed by atoms with Gasteiger partial charge in [-0.2, -0.15) is 0 Å². The smallest absolute Gasteiger partial charge is 0.251 e. The molecule has 0 aliphatic rings. The molecule has 26 heavy (non-hydrogen) atoms. The third-order valence-corrected chi connectivity index (χ3v) is 4.30. The Bertz CT molecular complexity index is 718. The Kier molecular flexibility index (Phi) is 7.63. The summed E-state index contributed by atoms with van der Waals surface area (Å²) >= 11 is 5.80. The van der Waals surface area contributed by atoms with Gasteiger partial charge in [-0.05, 0) is 43.9 Å². The number of nitrogens with zero attached hydrogens (tertiary/aromatic N) is 1. The first-order chi connectivity index (χ1) is 12.5. The average molecular weight is 374 g/mol. The fraction of sp³-hybridized carbons (Fsp3) is 0.300. The van der Waals surface area contributed by atoms with E-state index >= 15 is 0 Å². The van der Waals surface area contributed by atoms with E-state index < -0.39 is 0 Å². The third kappa shape index (κ3) is 6.17. The van der Waals surface area contributed by atoms with Crippen LogP contribution in [0.3, 0.4) is 0 Å². The van der Waals surface area contributed by atoms with Crippen molar-refractivity contribution in [3.8, 4) is 0 Å². The van der Waals surface area contributed by atoms with Crippen LogP contribution in [0.5, 0.6) is 0 Å². The van der Waals surface area contributed by atoms with Crippen LogP contribution in [0.2, 0.25) is 5.02 Å². The number of halogens is 1. The van der Waals surface area contributed by atoms with Gasteiger partial charge in [0.2, 0.25) is 5.91 Å². The van der Waals surface area contributed by atoms with E-state index in [0.717, 1.165) is 5.56 Å². The van der Waals surface area contributed by atoms with E-state index in [4.69, 9.17) is 11.6 Å². The van der Waals surface area contributed by atoms with E-state index in [1.807, 2.05) is 44.4 Å². The molecule has 0 fully saturated rings. The minimum absolute atomic E-state index is 0.0933. The van der Waals surface area contributed by atoms with Crippen molar-refractivity contribution < 1.29 is 9.59 Å². The first-order valence-electron chi connectivity index (χ1n) is 8.49. The second-order valence-electron chi connectivity index (χ2n) is 6.21. The van der Waals surface area contributed by atoms with Gasteiger partial charge in [-0.3, -0.25) is 9.59 Å². The second-order valence-corrected chi connectivity index (χ2v) is 6.64. The Morgan fingerprint density at radius 1 is 1.00 bits per heavy atom. The molecule has 0 aliphatic heterocycles. The maximum absolute atomic E-state index is 12.1. The highest BCUT2D eigenvalue weighted by Gasteiger charge is 2.15. The number of rotatable bonds is 8. The Hall–Kier alpha value is -2.37. The van der Waals surface area contributed by atoms with Crippen molar-refractivity contribution in [3.63, 3.8) is 0 Å². The van der Waals surface area contributed by atoms with E-state index in [0.29, 0.717) is 17.1 Å². The Balaban J connectivity index is 1.76. The van der Waals surface area contributed by atoms with Gasteiger partial charge in [0.15, 0.2) is 0 Å². The number of likely N-dealkylation sites (N-methyl/N-ethyl adjacent to an activating group) is 1. The molecule has 0 radical (unpaired) electrons. The lowest BCUT2D eigenvalue weighted by Crippen LogP contribution is -2.36. The molecule has 2 N–H and O–H groups in total. The predicted molar refractivity (Wildman–Crippen MR) is 104 cm³/mol. The van der Waals surface area contributed by atoms with Crippen LogP contribution in [-0.2, 0) is 4.79 Å². The van der Waals surface area contributed by atoms with Gasteiger partial charge < -0.3 is 15.5 Å². The van der Waals surface area contributed by atoms with Crippen LogP contribution < -0.4 is 10.6 Å². The SMILES string of the molecule is CN(C)[C@@H](CNC(=O)CCNC(=O)c1ccc(Cl)cc1)c1ccccc1. The quantitative estimate of drug-likeness (QED) is 0.748. The summed E-state index contributed by atoms with van der Waals surface area (Å²) in [6, 6.07) is 16.8. The van der Waals surface area contributed by atoms with Gasteiger partial charge in [-0.15, -0.1) is 0 Å². The zero-order valence-electron chi connectivity index (χ0n) is 15.0. The van der Waals surface area contributed by atoms with Gasteiger partial charge in [0.1, 0.15) is 0 Å². The number of amides is 2. The maximum atomic E-state index is 12.1. The molecule has 2 aromatic rings. The summed E-state index contributed by atoms with van der Waals surface area (Å²) in [6.45, 7) is 0.798. The molecule has 1 atom stereocenters. The lowest BCUT2D eigenvalue weighted by Gasteiger charge is -2.25. The maximum Gasteiger partial charge on any atom is 0.251 e. The number of carbonyl (C=O) groups is 2. The zero-order valence-corrected chi connectivity index (χ0v) is 15.8. The van der Waals surface area contributed by atoms with Crippen LogP contribution in [0.15, 0.2) is 54.6 Å². The predicted octanol–water partition coefficient (Wildman–Crippen LogP) is 2.88. The lowest BCUT2D eigenvalue weighted by molar-refractivity contribution is -0.121. The van der Waals surface area contributed by atoms with Crippen molar-refractivity contribution in [2.75, 3.05) is 27.2 Å². The largest absolute Gasteiger partial charge is 0.354 e.